The van der Waals surface area contributed by atoms with Gasteiger partial charge in [0.2, 0.25) is 0 Å². The fraction of sp³-hybridized carbons (Fsp3) is 0.450. The van der Waals surface area contributed by atoms with Crippen LogP contribution in [0.25, 0.3) is 0 Å². The van der Waals surface area contributed by atoms with Gasteiger partial charge in [0.05, 0.1) is 5.69 Å². The van der Waals surface area contributed by atoms with Gasteiger partial charge in [0, 0.05) is 31.4 Å². The van der Waals surface area contributed by atoms with Crippen LogP contribution >= 0.6 is 0 Å². The van der Waals surface area contributed by atoms with Crippen LogP contribution in [0.3, 0.4) is 0 Å². The summed E-state index contributed by atoms with van der Waals surface area (Å²) in [5, 5.41) is 4.36. The molecule has 2 heterocycles. The van der Waals surface area contributed by atoms with Crippen molar-refractivity contribution < 1.29 is 14.3 Å². The topological polar surface area (TPSA) is 64.4 Å². The summed E-state index contributed by atoms with van der Waals surface area (Å²) in [7, 11) is 1.89. The number of aryl methyl sites for hydroxylation is 2. The minimum absolute atomic E-state index is 0.169. The van der Waals surface area contributed by atoms with Crippen LogP contribution in [0.15, 0.2) is 24.3 Å². The van der Waals surface area contributed by atoms with E-state index in [0.29, 0.717) is 13.0 Å². The molecule has 26 heavy (non-hydrogen) atoms. The van der Waals surface area contributed by atoms with Crippen molar-refractivity contribution in [1.29, 1.82) is 0 Å². The third-order valence-electron chi connectivity index (χ3n) is 5.05. The SMILES string of the molecule is Cc1nn(C)c(C)c1CCC(=O)OC(C)C(=O)N1CCc2ccccc21. The van der Waals surface area contributed by atoms with E-state index in [1.807, 2.05) is 49.8 Å². The summed E-state index contributed by atoms with van der Waals surface area (Å²) >= 11 is 0. The smallest absolute Gasteiger partial charge is 0.306 e. The summed E-state index contributed by atoms with van der Waals surface area (Å²) in [6.07, 6.45) is 0.853. The lowest BCUT2D eigenvalue weighted by Crippen LogP contribution is -2.39. The third-order valence-corrected chi connectivity index (χ3v) is 5.05. The van der Waals surface area contributed by atoms with Gasteiger partial charge in [0.25, 0.3) is 5.91 Å². The molecule has 0 radical (unpaired) electrons. The number of benzene rings is 1. The van der Waals surface area contributed by atoms with Gasteiger partial charge in [0.1, 0.15) is 0 Å². The molecule has 138 valence electrons. The number of carbonyl (C=O) groups is 2. The number of para-hydroxylation sites is 1. The summed E-state index contributed by atoms with van der Waals surface area (Å²) in [4.78, 5) is 26.6. The largest absolute Gasteiger partial charge is 0.453 e. The first-order valence-electron chi connectivity index (χ1n) is 8.96. The van der Waals surface area contributed by atoms with E-state index in [9.17, 15) is 9.59 Å². The van der Waals surface area contributed by atoms with Crippen molar-refractivity contribution in [3.05, 3.63) is 46.8 Å². The third kappa shape index (κ3) is 3.49. The first-order valence-corrected chi connectivity index (χ1v) is 8.96. The number of aromatic nitrogens is 2. The van der Waals surface area contributed by atoms with E-state index in [1.165, 1.54) is 0 Å². The average Bonchev–Trinajstić information content (AvgIpc) is 3.14. The Balaban J connectivity index is 1.57. The molecular formula is C20H25N3O3. The molecule has 0 fully saturated rings. The van der Waals surface area contributed by atoms with E-state index in [4.69, 9.17) is 4.74 Å². The van der Waals surface area contributed by atoms with E-state index in [1.54, 1.807) is 11.8 Å². The number of amides is 1. The predicted octanol–water partition coefficient (Wildman–Crippen LogP) is 2.49. The fourth-order valence-corrected chi connectivity index (χ4v) is 3.50. The zero-order chi connectivity index (χ0) is 18.8. The second kappa shape index (κ2) is 7.32. The lowest BCUT2D eigenvalue weighted by molar-refractivity contribution is -0.153. The minimum Gasteiger partial charge on any atom is -0.453 e. The quantitative estimate of drug-likeness (QED) is 0.773. The maximum atomic E-state index is 12.7. The van der Waals surface area contributed by atoms with Crippen LogP contribution in [-0.2, 0) is 34.2 Å². The van der Waals surface area contributed by atoms with Gasteiger partial charge in [-0.1, -0.05) is 18.2 Å². The molecule has 0 spiro atoms. The Hall–Kier alpha value is -2.63. The number of anilines is 1. The molecule has 0 aliphatic carbocycles. The van der Waals surface area contributed by atoms with Crippen molar-refractivity contribution in [3.8, 4) is 0 Å². The summed E-state index contributed by atoms with van der Waals surface area (Å²) in [6, 6.07) is 7.85. The molecular weight excluding hydrogens is 330 g/mol. The Bertz CT molecular complexity index is 841. The zero-order valence-corrected chi connectivity index (χ0v) is 15.8. The molecule has 1 amide bonds. The standard InChI is InChI=1S/C20H25N3O3/c1-13-17(14(2)22(4)21-13)9-10-19(24)26-15(3)20(25)23-12-11-16-7-5-6-8-18(16)23/h5-8,15H,9-12H2,1-4H3. The number of ether oxygens (including phenoxy) is 1. The van der Waals surface area contributed by atoms with Gasteiger partial charge in [-0.15, -0.1) is 0 Å². The van der Waals surface area contributed by atoms with E-state index in [0.717, 1.165) is 34.6 Å². The molecule has 1 aromatic carbocycles. The van der Waals surface area contributed by atoms with Crippen molar-refractivity contribution in [3.63, 3.8) is 0 Å². The maximum Gasteiger partial charge on any atom is 0.306 e. The molecule has 1 atom stereocenters. The molecule has 0 bridgehead atoms. The highest BCUT2D eigenvalue weighted by atomic mass is 16.5. The van der Waals surface area contributed by atoms with Gasteiger partial charge in [0.15, 0.2) is 6.10 Å². The molecule has 0 N–H and O–H groups in total. The van der Waals surface area contributed by atoms with Crippen LogP contribution in [0.1, 0.15) is 35.9 Å². The second-order valence-electron chi connectivity index (χ2n) is 6.77. The van der Waals surface area contributed by atoms with Crippen LogP contribution in [0.4, 0.5) is 5.69 Å². The van der Waals surface area contributed by atoms with E-state index in [2.05, 4.69) is 5.10 Å². The number of rotatable bonds is 5. The van der Waals surface area contributed by atoms with Gasteiger partial charge in [-0.05, 0) is 50.8 Å². The summed E-state index contributed by atoms with van der Waals surface area (Å²) in [6.45, 7) is 6.19. The highest BCUT2D eigenvalue weighted by Crippen LogP contribution is 2.28. The Morgan fingerprint density at radius 3 is 2.69 bits per heavy atom. The first kappa shape index (κ1) is 18.2. The Morgan fingerprint density at radius 1 is 1.27 bits per heavy atom. The van der Waals surface area contributed by atoms with Gasteiger partial charge < -0.3 is 9.64 Å². The second-order valence-corrected chi connectivity index (χ2v) is 6.77. The van der Waals surface area contributed by atoms with E-state index in [-0.39, 0.29) is 18.3 Å². The van der Waals surface area contributed by atoms with Crippen molar-refractivity contribution in [1.82, 2.24) is 9.78 Å². The van der Waals surface area contributed by atoms with E-state index >= 15 is 0 Å². The highest BCUT2D eigenvalue weighted by molar-refractivity contribution is 5.99. The molecule has 2 aromatic rings. The highest BCUT2D eigenvalue weighted by Gasteiger charge is 2.29. The number of fused-ring (bicyclic) bond motifs is 1. The predicted molar refractivity (Wildman–Crippen MR) is 99.1 cm³/mol. The summed E-state index contributed by atoms with van der Waals surface area (Å²) in [5.74, 6) is -0.530. The van der Waals surface area contributed by atoms with Gasteiger partial charge in [-0.2, -0.15) is 5.10 Å². The average molecular weight is 355 g/mol. The number of hydrogen-bond acceptors (Lipinski definition) is 4. The molecule has 0 saturated heterocycles. The van der Waals surface area contributed by atoms with Gasteiger partial charge in [-0.3, -0.25) is 14.3 Å². The number of nitrogens with zero attached hydrogens (tertiary/aromatic N) is 3. The van der Waals surface area contributed by atoms with Crippen LogP contribution in [0.2, 0.25) is 0 Å². The van der Waals surface area contributed by atoms with Crippen LogP contribution in [0.5, 0.6) is 0 Å². The van der Waals surface area contributed by atoms with E-state index < -0.39 is 6.10 Å². The number of carbonyl (C=O) groups excluding carboxylic acids is 2. The normalized spacial score (nSPS) is 14.2. The lowest BCUT2D eigenvalue weighted by Gasteiger charge is -2.21. The molecule has 1 aromatic heterocycles. The zero-order valence-electron chi connectivity index (χ0n) is 15.8. The van der Waals surface area contributed by atoms with Crippen molar-refractivity contribution in [2.24, 2.45) is 7.05 Å². The summed E-state index contributed by atoms with van der Waals surface area (Å²) < 4.78 is 7.20. The Kier molecular flexibility index (Phi) is 5.11. The fourth-order valence-electron chi connectivity index (χ4n) is 3.50. The number of hydrogen-bond donors (Lipinski definition) is 0. The molecule has 0 saturated carbocycles. The van der Waals surface area contributed by atoms with Gasteiger partial charge in [-0.25, -0.2) is 0 Å². The van der Waals surface area contributed by atoms with Crippen molar-refractivity contribution >= 4 is 17.6 Å². The van der Waals surface area contributed by atoms with Crippen molar-refractivity contribution in [2.45, 2.75) is 46.1 Å². The minimum atomic E-state index is -0.787. The number of esters is 1. The molecule has 1 aliphatic rings. The first-order chi connectivity index (χ1) is 12.4. The molecule has 6 heteroatoms. The molecule has 6 nitrogen and oxygen atoms in total. The maximum absolute atomic E-state index is 12.7. The summed E-state index contributed by atoms with van der Waals surface area (Å²) in [5.41, 5.74) is 5.12. The molecule has 1 aliphatic heterocycles. The van der Waals surface area contributed by atoms with Crippen LogP contribution in [0, 0.1) is 13.8 Å². The van der Waals surface area contributed by atoms with Crippen molar-refractivity contribution in [2.75, 3.05) is 11.4 Å². The molecule has 1 unspecified atom stereocenters. The van der Waals surface area contributed by atoms with Crippen LogP contribution in [-0.4, -0.2) is 34.3 Å². The lowest BCUT2D eigenvalue weighted by atomic mass is 10.1. The Labute approximate surface area is 153 Å². The van der Waals surface area contributed by atoms with Crippen LogP contribution < -0.4 is 4.90 Å². The van der Waals surface area contributed by atoms with Gasteiger partial charge >= 0.3 is 5.97 Å². The Morgan fingerprint density at radius 2 is 2.00 bits per heavy atom. The molecule has 3 rings (SSSR count). The monoisotopic (exact) mass is 355 g/mol.